The monoisotopic (exact) mass is 310 g/mol. The zero-order chi connectivity index (χ0) is 11.8. The number of aromatic amines is 1. The van der Waals surface area contributed by atoms with Crippen LogP contribution in [-0.2, 0) is 0 Å². The number of aromatic nitrogens is 3. The Hall–Kier alpha value is -1.01. The first kappa shape index (κ1) is 11.1. The molecule has 0 aromatic carbocycles. The van der Waals surface area contributed by atoms with Gasteiger partial charge < -0.3 is 9.88 Å². The van der Waals surface area contributed by atoms with E-state index in [-0.39, 0.29) is 0 Å². The lowest BCUT2D eigenvalue weighted by molar-refractivity contribution is 0.984. The van der Waals surface area contributed by atoms with Gasteiger partial charge in [0, 0.05) is 24.7 Å². The van der Waals surface area contributed by atoms with E-state index in [4.69, 9.17) is 0 Å². The van der Waals surface area contributed by atoms with Crippen molar-refractivity contribution in [1.29, 1.82) is 0 Å². The van der Waals surface area contributed by atoms with Crippen molar-refractivity contribution in [3.05, 3.63) is 28.1 Å². The summed E-state index contributed by atoms with van der Waals surface area (Å²) in [5.41, 5.74) is 2.08. The van der Waals surface area contributed by atoms with Gasteiger partial charge in [0.1, 0.15) is 17.8 Å². The maximum Gasteiger partial charge on any atom is 0.145 e. The molecule has 2 aromatic heterocycles. The fourth-order valence-electron chi connectivity index (χ4n) is 1.95. The third kappa shape index (κ3) is 1.95. The van der Waals surface area contributed by atoms with Crippen LogP contribution in [0.3, 0.4) is 0 Å². The second-order valence-corrected chi connectivity index (χ2v) is 6.38. The van der Waals surface area contributed by atoms with Crippen molar-refractivity contribution < 1.29 is 0 Å². The van der Waals surface area contributed by atoms with Gasteiger partial charge in [-0.25, -0.2) is 9.97 Å². The van der Waals surface area contributed by atoms with Crippen LogP contribution in [-0.4, -0.2) is 27.2 Å². The molecule has 6 heteroatoms. The number of nitrogens with zero attached hydrogens (tertiary/aromatic N) is 3. The number of aryl methyl sites for hydroxylation is 1. The van der Waals surface area contributed by atoms with Crippen LogP contribution in [0.4, 0.5) is 5.82 Å². The molecule has 0 amide bonds. The predicted octanol–water partition coefficient (Wildman–Crippen LogP) is 3.01. The number of nitrogens with one attached hydrogen (secondary N) is 1. The molecule has 4 nitrogen and oxygen atoms in total. The number of fused-ring (bicyclic) bond motifs is 1. The van der Waals surface area contributed by atoms with Gasteiger partial charge in [0.25, 0.3) is 0 Å². The van der Waals surface area contributed by atoms with Gasteiger partial charge in [0.05, 0.1) is 9.20 Å². The smallest absolute Gasteiger partial charge is 0.145 e. The van der Waals surface area contributed by atoms with Crippen LogP contribution in [0, 0.1) is 6.92 Å². The third-order valence-electron chi connectivity index (χ3n) is 2.75. The van der Waals surface area contributed by atoms with Crippen LogP contribution in [0.25, 0.3) is 11.0 Å². The first-order chi connectivity index (χ1) is 8.25. The summed E-state index contributed by atoms with van der Waals surface area (Å²) in [7, 11) is 0. The Morgan fingerprint density at radius 2 is 2.35 bits per heavy atom. The van der Waals surface area contributed by atoms with Gasteiger partial charge in [-0.15, -0.1) is 11.8 Å². The molecule has 1 N–H and O–H groups in total. The van der Waals surface area contributed by atoms with E-state index in [0.717, 1.165) is 33.0 Å². The molecule has 2 aromatic rings. The quantitative estimate of drug-likeness (QED) is 0.879. The zero-order valence-electron chi connectivity index (χ0n) is 9.27. The van der Waals surface area contributed by atoms with Gasteiger partial charge in [0.2, 0.25) is 0 Å². The summed E-state index contributed by atoms with van der Waals surface area (Å²) >= 11 is 5.34. The lowest BCUT2D eigenvalue weighted by Gasteiger charge is -2.24. The van der Waals surface area contributed by atoms with Crippen LogP contribution < -0.4 is 4.90 Å². The Bertz CT molecular complexity index is 592. The molecule has 1 aliphatic heterocycles. The molecule has 0 unspecified atom stereocenters. The maximum atomic E-state index is 4.42. The van der Waals surface area contributed by atoms with E-state index in [2.05, 4.69) is 48.9 Å². The molecule has 0 saturated carbocycles. The highest BCUT2D eigenvalue weighted by Gasteiger charge is 2.16. The molecule has 3 heterocycles. The fraction of sp³-hybridized carbons (Fsp3) is 0.273. The summed E-state index contributed by atoms with van der Waals surface area (Å²) in [5.74, 6) is 2.04. The minimum atomic E-state index is 0.898. The highest BCUT2D eigenvalue weighted by Crippen LogP contribution is 2.32. The van der Waals surface area contributed by atoms with Gasteiger partial charge in [-0.2, -0.15) is 0 Å². The van der Waals surface area contributed by atoms with Crippen molar-refractivity contribution in [3.8, 4) is 0 Å². The molecule has 88 valence electrons. The van der Waals surface area contributed by atoms with E-state index in [1.165, 1.54) is 5.56 Å². The Morgan fingerprint density at radius 3 is 3.18 bits per heavy atom. The number of anilines is 1. The Balaban J connectivity index is 2.16. The summed E-state index contributed by atoms with van der Waals surface area (Å²) in [4.78, 5) is 14.0. The normalized spacial score (nSPS) is 16.4. The van der Waals surface area contributed by atoms with Crippen LogP contribution >= 0.6 is 27.7 Å². The Labute approximate surface area is 112 Å². The van der Waals surface area contributed by atoms with Crippen molar-refractivity contribution in [2.24, 2.45) is 0 Å². The summed E-state index contributed by atoms with van der Waals surface area (Å²) < 4.78 is 1.14. The molecule has 17 heavy (non-hydrogen) atoms. The second-order valence-electron chi connectivity index (χ2n) is 3.87. The maximum absolute atomic E-state index is 4.42. The largest absolute Gasteiger partial charge is 0.346 e. The van der Waals surface area contributed by atoms with Crippen molar-refractivity contribution >= 4 is 44.5 Å². The number of rotatable bonds is 1. The second kappa shape index (κ2) is 4.34. The van der Waals surface area contributed by atoms with E-state index in [1.54, 1.807) is 6.33 Å². The molecule has 0 radical (unpaired) electrons. The molecule has 0 bridgehead atoms. The minimum absolute atomic E-state index is 0.898. The first-order valence-corrected chi connectivity index (χ1v) is 7.09. The third-order valence-corrected chi connectivity index (χ3v) is 4.41. The molecule has 0 fully saturated rings. The average Bonchev–Trinajstić information content (AvgIpc) is 2.71. The van der Waals surface area contributed by atoms with Crippen LogP contribution in [0.5, 0.6) is 0 Å². The number of H-pyrrole nitrogens is 1. The molecule has 0 atom stereocenters. The lowest BCUT2D eigenvalue weighted by Crippen LogP contribution is -2.23. The van der Waals surface area contributed by atoms with Gasteiger partial charge in [-0.05, 0) is 28.4 Å². The van der Waals surface area contributed by atoms with E-state index in [0.29, 0.717) is 0 Å². The average molecular weight is 311 g/mol. The Kier molecular flexibility index (Phi) is 2.84. The van der Waals surface area contributed by atoms with Crippen molar-refractivity contribution in [1.82, 2.24) is 15.0 Å². The highest BCUT2D eigenvalue weighted by atomic mass is 79.9. The molecular formula is C11H11BrN4S. The zero-order valence-corrected chi connectivity index (χ0v) is 11.7. The van der Waals surface area contributed by atoms with Crippen molar-refractivity contribution in [3.63, 3.8) is 0 Å². The summed E-state index contributed by atoms with van der Waals surface area (Å²) in [6.45, 7) is 3.04. The summed E-state index contributed by atoms with van der Waals surface area (Å²) in [5, 5.41) is 1.11. The van der Waals surface area contributed by atoms with Crippen molar-refractivity contribution in [2.75, 3.05) is 17.2 Å². The summed E-state index contributed by atoms with van der Waals surface area (Å²) in [6, 6.07) is 0. The van der Waals surface area contributed by atoms with Crippen molar-refractivity contribution in [2.45, 2.75) is 6.92 Å². The lowest BCUT2D eigenvalue weighted by atomic mass is 10.2. The van der Waals surface area contributed by atoms with Gasteiger partial charge in [-0.1, -0.05) is 0 Å². The molecule has 0 aliphatic carbocycles. The Morgan fingerprint density at radius 1 is 1.47 bits per heavy atom. The van der Waals surface area contributed by atoms with E-state index < -0.39 is 0 Å². The SMILES string of the molecule is Cc1c[nH]c2ncnc(N3C=C(Br)SCC3)c12. The number of hydrogen-bond donors (Lipinski definition) is 1. The molecule has 1 aliphatic rings. The topological polar surface area (TPSA) is 44.8 Å². The van der Waals surface area contributed by atoms with E-state index in [1.807, 2.05) is 18.0 Å². The van der Waals surface area contributed by atoms with Gasteiger partial charge >= 0.3 is 0 Å². The predicted molar refractivity (Wildman–Crippen MR) is 75.4 cm³/mol. The number of hydrogen-bond acceptors (Lipinski definition) is 4. The number of halogens is 1. The minimum Gasteiger partial charge on any atom is -0.346 e. The molecule has 3 rings (SSSR count). The van der Waals surface area contributed by atoms with Gasteiger partial charge in [0.15, 0.2) is 0 Å². The first-order valence-electron chi connectivity index (χ1n) is 5.31. The molecule has 0 saturated heterocycles. The van der Waals surface area contributed by atoms with E-state index in [9.17, 15) is 0 Å². The highest BCUT2D eigenvalue weighted by molar-refractivity contribution is 9.14. The van der Waals surface area contributed by atoms with Crippen LogP contribution in [0.15, 0.2) is 22.5 Å². The molecule has 0 spiro atoms. The summed E-state index contributed by atoms with van der Waals surface area (Å²) in [6.07, 6.45) is 5.67. The van der Waals surface area contributed by atoms with Crippen LogP contribution in [0.1, 0.15) is 5.56 Å². The molecular weight excluding hydrogens is 300 g/mol. The van der Waals surface area contributed by atoms with Gasteiger partial charge in [-0.3, -0.25) is 0 Å². The fourth-order valence-corrected chi connectivity index (χ4v) is 3.37. The standard InChI is InChI=1S/C11H11BrN4S/c1-7-4-13-10-9(7)11(15-6-14-10)16-2-3-17-8(12)5-16/h4-6H,2-3H2,1H3,(H,13,14,15). The number of thioether (sulfide) groups is 1. The van der Waals surface area contributed by atoms with E-state index >= 15 is 0 Å². The van der Waals surface area contributed by atoms with Crippen LogP contribution in [0.2, 0.25) is 0 Å².